The summed E-state index contributed by atoms with van der Waals surface area (Å²) in [4.78, 5) is 24.1. The lowest BCUT2D eigenvalue weighted by Crippen LogP contribution is -2.62. The van der Waals surface area contributed by atoms with Gasteiger partial charge in [0.05, 0.1) is 18.3 Å². The fraction of sp³-hybridized carbons (Fsp3) is 0.931. The molecule has 0 radical (unpaired) electrons. The molecule has 0 spiro atoms. The van der Waals surface area contributed by atoms with Crippen LogP contribution in [0.2, 0.25) is 0 Å². The zero-order valence-corrected chi connectivity index (χ0v) is 23.0. The van der Waals surface area contributed by atoms with Crippen molar-refractivity contribution in [3.63, 3.8) is 0 Å². The second-order valence-electron chi connectivity index (χ2n) is 14.0. The van der Waals surface area contributed by atoms with E-state index in [1.165, 1.54) is 0 Å². The predicted octanol–water partition coefficient (Wildman–Crippen LogP) is 4.84. The number of carbonyl (C=O) groups is 2. The molecule has 11 unspecified atom stereocenters. The molecule has 0 aromatic heterocycles. The van der Waals surface area contributed by atoms with Crippen LogP contribution < -0.4 is 0 Å². The minimum absolute atomic E-state index is 0.0561. The molecular formula is C29H48O7. The van der Waals surface area contributed by atoms with E-state index in [0.29, 0.717) is 18.8 Å². The summed E-state index contributed by atoms with van der Waals surface area (Å²) < 4.78 is 9.92. The lowest BCUT2D eigenvalue weighted by atomic mass is 9.43. The second kappa shape index (κ2) is 9.85. The van der Waals surface area contributed by atoms with Gasteiger partial charge in [-0.15, -0.1) is 0 Å². The van der Waals surface area contributed by atoms with E-state index in [1.54, 1.807) is 20.8 Å². The lowest BCUT2D eigenvalue weighted by molar-refractivity contribution is -0.207. The molecule has 7 nitrogen and oxygen atoms in total. The molecule has 4 fully saturated rings. The zero-order chi connectivity index (χ0) is 26.6. The molecule has 0 saturated heterocycles. The highest BCUT2D eigenvalue weighted by molar-refractivity contribution is 5.81. The summed E-state index contributed by atoms with van der Waals surface area (Å²) in [6.07, 6.45) is 4.53. The van der Waals surface area contributed by atoms with E-state index in [1.807, 2.05) is 0 Å². The maximum Gasteiger partial charge on any atom is 0.516 e. The van der Waals surface area contributed by atoms with Crippen molar-refractivity contribution < 1.29 is 34.4 Å². The van der Waals surface area contributed by atoms with Crippen LogP contribution in [0.5, 0.6) is 0 Å². The van der Waals surface area contributed by atoms with Gasteiger partial charge in [-0.25, -0.2) is 4.79 Å². The molecule has 0 aromatic rings. The summed E-state index contributed by atoms with van der Waals surface area (Å²) in [7, 11) is 0. The smallest absolute Gasteiger partial charge is 0.428 e. The Bertz CT molecular complexity index is 836. The third kappa shape index (κ3) is 4.96. The van der Waals surface area contributed by atoms with Gasteiger partial charge < -0.3 is 24.8 Å². The summed E-state index contributed by atoms with van der Waals surface area (Å²) in [5.74, 6) is 0.813. The van der Waals surface area contributed by atoms with Crippen LogP contribution in [-0.4, -0.2) is 51.4 Å². The Kier molecular flexibility index (Phi) is 7.62. The molecule has 11 atom stereocenters. The van der Waals surface area contributed by atoms with Gasteiger partial charge in [-0.3, -0.25) is 4.79 Å². The number of rotatable bonds is 4. The SMILES string of the molecule is CC(CCC(=O)OC(=O)OC(C)(C)C)C1CCC2C3C(O)CC4CC(O)CCC4(C)C3CC(O)C12C. The molecule has 206 valence electrons. The average Bonchev–Trinajstić information content (AvgIpc) is 3.11. The van der Waals surface area contributed by atoms with Gasteiger partial charge in [0.2, 0.25) is 0 Å². The summed E-state index contributed by atoms with van der Waals surface area (Å²) in [6, 6.07) is 0. The molecule has 3 N–H and O–H groups in total. The first kappa shape index (κ1) is 27.8. The van der Waals surface area contributed by atoms with Gasteiger partial charge in [0, 0.05) is 6.42 Å². The Morgan fingerprint density at radius 3 is 2.36 bits per heavy atom. The first-order valence-electron chi connectivity index (χ1n) is 14.1. The highest BCUT2D eigenvalue weighted by Gasteiger charge is 2.65. The Balaban J connectivity index is 1.43. The number of carbonyl (C=O) groups excluding carboxylic acids is 2. The number of aliphatic hydroxyl groups is 3. The molecule has 4 aliphatic rings. The average molecular weight is 509 g/mol. The van der Waals surface area contributed by atoms with Gasteiger partial charge in [-0.05, 0) is 118 Å². The molecule has 0 aliphatic heterocycles. The topological polar surface area (TPSA) is 113 Å². The number of ether oxygens (including phenoxy) is 2. The third-order valence-corrected chi connectivity index (χ3v) is 10.9. The van der Waals surface area contributed by atoms with Crippen molar-refractivity contribution in [2.24, 2.45) is 46.3 Å². The largest absolute Gasteiger partial charge is 0.516 e. The fourth-order valence-corrected chi connectivity index (χ4v) is 9.09. The molecule has 4 rings (SSSR count). The Hall–Kier alpha value is -1.18. The van der Waals surface area contributed by atoms with Crippen LogP contribution in [0.3, 0.4) is 0 Å². The molecule has 0 aromatic carbocycles. The Morgan fingerprint density at radius 2 is 1.69 bits per heavy atom. The fourth-order valence-electron chi connectivity index (χ4n) is 9.09. The van der Waals surface area contributed by atoms with Gasteiger partial charge in [-0.1, -0.05) is 20.8 Å². The van der Waals surface area contributed by atoms with Crippen molar-refractivity contribution in [1.29, 1.82) is 0 Å². The van der Waals surface area contributed by atoms with Crippen LogP contribution in [0, 0.1) is 46.3 Å². The molecule has 0 amide bonds. The van der Waals surface area contributed by atoms with Crippen LogP contribution >= 0.6 is 0 Å². The quantitative estimate of drug-likeness (QED) is 0.368. The molecule has 7 heteroatoms. The molecule has 4 saturated carbocycles. The van der Waals surface area contributed by atoms with E-state index in [4.69, 9.17) is 9.47 Å². The lowest BCUT2D eigenvalue weighted by Gasteiger charge is -2.63. The van der Waals surface area contributed by atoms with Crippen LogP contribution in [0.15, 0.2) is 0 Å². The van der Waals surface area contributed by atoms with Gasteiger partial charge in [0.15, 0.2) is 0 Å². The van der Waals surface area contributed by atoms with Gasteiger partial charge in [0.25, 0.3) is 0 Å². The third-order valence-electron chi connectivity index (χ3n) is 10.9. The maximum absolute atomic E-state index is 12.3. The summed E-state index contributed by atoms with van der Waals surface area (Å²) >= 11 is 0. The summed E-state index contributed by atoms with van der Waals surface area (Å²) in [5.41, 5.74) is -0.972. The highest BCUT2D eigenvalue weighted by Crippen LogP contribution is 2.68. The molecule has 36 heavy (non-hydrogen) atoms. The van der Waals surface area contributed by atoms with E-state index < -0.39 is 29.9 Å². The van der Waals surface area contributed by atoms with Crippen molar-refractivity contribution >= 4 is 12.1 Å². The number of hydrogen-bond acceptors (Lipinski definition) is 7. The van der Waals surface area contributed by atoms with Crippen molar-refractivity contribution in [3.05, 3.63) is 0 Å². The molecule has 4 aliphatic carbocycles. The van der Waals surface area contributed by atoms with Crippen LogP contribution in [0.1, 0.15) is 99.3 Å². The van der Waals surface area contributed by atoms with Crippen molar-refractivity contribution in [3.8, 4) is 0 Å². The van der Waals surface area contributed by atoms with Crippen molar-refractivity contribution in [2.75, 3.05) is 0 Å². The predicted molar refractivity (Wildman–Crippen MR) is 135 cm³/mol. The Morgan fingerprint density at radius 1 is 1.00 bits per heavy atom. The van der Waals surface area contributed by atoms with Gasteiger partial charge in [-0.2, -0.15) is 0 Å². The second-order valence-corrected chi connectivity index (χ2v) is 14.0. The Labute approximate surface area is 216 Å². The number of fused-ring (bicyclic) bond motifs is 5. The number of esters is 1. The zero-order valence-electron chi connectivity index (χ0n) is 23.0. The van der Waals surface area contributed by atoms with Gasteiger partial charge in [0.1, 0.15) is 5.60 Å². The monoisotopic (exact) mass is 508 g/mol. The van der Waals surface area contributed by atoms with Crippen LogP contribution in [0.4, 0.5) is 4.79 Å². The molecule has 0 heterocycles. The van der Waals surface area contributed by atoms with E-state index >= 15 is 0 Å². The van der Waals surface area contributed by atoms with E-state index in [0.717, 1.165) is 38.5 Å². The minimum atomic E-state index is -0.963. The van der Waals surface area contributed by atoms with Crippen molar-refractivity contribution in [2.45, 2.75) is 123 Å². The maximum atomic E-state index is 12.3. The van der Waals surface area contributed by atoms with Crippen LogP contribution in [-0.2, 0) is 14.3 Å². The standard InChI is InChI=1S/C29H48O7/c1-16(7-10-24(33)35-26(34)36-27(2,3)4)19-8-9-20-25-21(15-23(32)29(19,20)6)28(5)12-11-18(30)13-17(28)14-22(25)31/h16-23,25,30-32H,7-15H2,1-6H3. The van der Waals surface area contributed by atoms with Crippen molar-refractivity contribution in [1.82, 2.24) is 0 Å². The number of aliphatic hydroxyl groups excluding tert-OH is 3. The summed E-state index contributed by atoms with van der Waals surface area (Å²) in [5, 5.41) is 33.3. The number of hydrogen-bond donors (Lipinski definition) is 3. The first-order chi connectivity index (χ1) is 16.7. The van der Waals surface area contributed by atoms with Crippen LogP contribution in [0.25, 0.3) is 0 Å². The van der Waals surface area contributed by atoms with E-state index in [-0.39, 0.29) is 52.9 Å². The highest BCUT2D eigenvalue weighted by atomic mass is 16.7. The summed E-state index contributed by atoms with van der Waals surface area (Å²) in [6.45, 7) is 11.8. The normalized spacial score (nSPS) is 45.1. The van der Waals surface area contributed by atoms with Gasteiger partial charge >= 0.3 is 12.1 Å². The molecular weight excluding hydrogens is 460 g/mol. The first-order valence-corrected chi connectivity index (χ1v) is 14.1. The van der Waals surface area contributed by atoms with E-state index in [2.05, 4.69) is 20.8 Å². The minimum Gasteiger partial charge on any atom is -0.428 e. The molecule has 0 bridgehead atoms. The van der Waals surface area contributed by atoms with E-state index in [9.17, 15) is 24.9 Å².